The Kier molecular flexibility index (Phi) is 4.95. The lowest BCUT2D eigenvalue weighted by Gasteiger charge is -2.19. The Hall–Kier alpha value is -1.36. The Balaban J connectivity index is 2.21. The van der Waals surface area contributed by atoms with E-state index >= 15 is 0 Å². The molecule has 2 aromatic rings. The quantitative estimate of drug-likeness (QED) is 0.659. The van der Waals surface area contributed by atoms with Crippen molar-refractivity contribution in [1.29, 1.82) is 0 Å². The summed E-state index contributed by atoms with van der Waals surface area (Å²) in [7, 11) is 0. The van der Waals surface area contributed by atoms with Gasteiger partial charge in [0.1, 0.15) is 0 Å². The van der Waals surface area contributed by atoms with E-state index in [2.05, 4.69) is 61.7 Å². The molecule has 2 rings (SSSR count). The minimum Gasteiger partial charge on any atom is -0.322 e. The summed E-state index contributed by atoms with van der Waals surface area (Å²) in [5.41, 5.74) is 5.13. The van der Waals surface area contributed by atoms with E-state index in [0.29, 0.717) is 5.56 Å². The molecule has 0 aromatic heterocycles. The first-order chi connectivity index (χ1) is 10.2. The minimum absolute atomic E-state index is 0.0656. The Morgan fingerprint density at radius 3 is 2.14 bits per heavy atom. The van der Waals surface area contributed by atoms with Gasteiger partial charge in [-0.25, -0.2) is 0 Å². The summed E-state index contributed by atoms with van der Waals surface area (Å²) >= 11 is 2.31. The van der Waals surface area contributed by atoms with Crippen LogP contribution in [0, 0.1) is 17.4 Å². The van der Waals surface area contributed by atoms with Crippen LogP contribution >= 0.6 is 22.6 Å². The van der Waals surface area contributed by atoms with Gasteiger partial charge >= 0.3 is 0 Å². The number of benzene rings is 2. The molecule has 2 nitrogen and oxygen atoms in total. The highest BCUT2D eigenvalue weighted by molar-refractivity contribution is 14.1. The van der Waals surface area contributed by atoms with Gasteiger partial charge in [0.15, 0.2) is 0 Å². The van der Waals surface area contributed by atoms with E-state index < -0.39 is 0 Å². The van der Waals surface area contributed by atoms with Crippen LogP contribution in [0.4, 0.5) is 5.69 Å². The molecule has 0 bridgehead atoms. The van der Waals surface area contributed by atoms with E-state index in [9.17, 15) is 4.79 Å². The molecule has 0 aliphatic carbocycles. The standard InChI is InChI=1S/C19H22INO/c1-12-11-17(13(2)10-16(12)20)21-18(22)14-6-8-15(9-7-14)19(3,4)5/h6-11H,1-5H3,(H,21,22). The van der Waals surface area contributed by atoms with Crippen LogP contribution in [0.2, 0.25) is 0 Å². The molecule has 0 unspecified atom stereocenters. The van der Waals surface area contributed by atoms with Crippen molar-refractivity contribution < 1.29 is 4.79 Å². The van der Waals surface area contributed by atoms with Crippen molar-refractivity contribution in [1.82, 2.24) is 0 Å². The lowest BCUT2D eigenvalue weighted by atomic mass is 9.86. The van der Waals surface area contributed by atoms with Gasteiger partial charge in [-0.15, -0.1) is 0 Å². The zero-order valence-corrected chi connectivity index (χ0v) is 15.9. The van der Waals surface area contributed by atoms with Crippen LogP contribution in [0.15, 0.2) is 36.4 Å². The molecule has 3 heteroatoms. The second kappa shape index (κ2) is 6.41. The van der Waals surface area contributed by atoms with Crippen LogP contribution in [-0.2, 0) is 5.41 Å². The third-order valence-corrected chi connectivity index (χ3v) is 4.93. The molecule has 0 aliphatic rings. The van der Waals surface area contributed by atoms with E-state index in [1.54, 1.807) is 0 Å². The molecular formula is C19H22INO. The van der Waals surface area contributed by atoms with Crippen molar-refractivity contribution in [2.45, 2.75) is 40.0 Å². The Morgan fingerprint density at radius 2 is 1.59 bits per heavy atom. The molecule has 0 heterocycles. The predicted octanol–water partition coefficient (Wildman–Crippen LogP) is 5.46. The van der Waals surface area contributed by atoms with Gasteiger partial charge in [-0.05, 0) is 82.8 Å². The average Bonchev–Trinajstić information content (AvgIpc) is 2.44. The predicted molar refractivity (Wildman–Crippen MR) is 102 cm³/mol. The van der Waals surface area contributed by atoms with Crippen molar-refractivity contribution in [3.8, 4) is 0 Å². The first kappa shape index (κ1) is 17.0. The van der Waals surface area contributed by atoms with Crippen molar-refractivity contribution in [2.75, 3.05) is 5.32 Å². The molecule has 0 fully saturated rings. The fourth-order valence-corrected chi connectivity index (χ4v) is 2.85. The molecule has 0 saturated carbocycles. The zero-order valence-electron chi connectivity index (χ0n) is 13.8. The number of amides is 1. The van der Waals surface area contributed by atoms with Crippen LogP contribution in [0.1, 0.15) is 47.8 Å². The lowest BCUT2D eigenvalue weighted by molar-refractivity contribution is 0.102. The van der Waals surface area contributed by atoms with Crippen molar-refractivity contribution >= 4 is 34.2 Å². The van der Waals surface area contributed by atoms with Gasteiger partial charge in [0.2, 0.25) is 0 Å². The second-order valence-electron chi connectivity index (χ2n) is 6.70. The molecule has 0 spiro atoms. The van der Waals surface area contributed by atoms with Gasteiger partial charge in [-0.2, -0.15) is 0 Å². The van der Waals surface area contributed by atoms with E-state index in [-0.39, 0.29) is 11.3 Å². The monoisotopic (exact) mass is 407 g/mol. The molecule has 1 N–H and O–H groups in total. The molecular weight excluding hydrogens is 385 g/mol. The molecule has 0 atom stereocenters. The number of aryl methyl sites for hydroxylation is 2. The van der Waals surface area contributed by atoms with Gasteiger partial charge in [-0.3, -0.25) is 4.79 Å². The van der Waals surface area contributed by atoms with Gasteiger partial charge in [0.05, 0.1) is 0 Å². The highest BCUT2D eigenvalue weighted by Crippen LogP contribution is 2.24. The first-order valence-corrected chi connectivity index (χ1v) is 8.45. The van der Waals surface area contributed by atoms with E-state index in [1.807, 2.05) is 37.3 Å². The highest BCUT2D eigenvalue weighted by Gasteiger charge is 2.15. The summed E-state index contributed by atoms with van der Waals surface area (Å²) in [5, 5.41) is 3.01. The maximum atomic E-state index is 12.4. The summed E-state index contributed by atoms with van der Waals surface area (Å²) in [6, 6.07) is 12.0. The summed E-state index contributed by atoms with van der Waals surface area (Å²) in [6.45, 7) is 10.6. The van der Waals surface area contributed by atoms with Crippen molar-refractivity contribution in [3.05, 3.63) is 62.2 Å². The molecule has 0 aliphatic heterocycles. The van der Waals surface area contributed by atoms with Gasteiger partial charge in [0, 0.05) is 14.8 Å². The second-order valence-corrected chi connectivity index (χ2v) is 7.86. The normalized spacial score (nSPS) is 11.4. The molecule has 0 radical (unpaired) electrons. The summed E-state index contributed by atoms with van der Waals surface area (Å²) in [6.07, 6.45) is 0. The van der Waals surface area contributed by atoms with Crippen molar-refractivity contribution in [2.24, 2.45) is 0 Å². The first-order valence-electron chi connectivity index (χ1n) is 7.37. The number of rotatable bonds is 2. The number of carbonyl (C=O) groups excluding carboxylic acids is 1. The maximum Gasteiger partial charge on any atom is 0.255 e. The van der Waals surface area contributed by atoms with E-state index in [1.165, 1.54) is 14.7 Å². The number of hydrogen-bond acceptors (Lipinski definition) is 1. The SMILES string of the molecule is Cc1cc(NC(=O)c2ccc(C(C)(C)C)cc2)c(C)cc1I. The van der Waals surface area contributed by atoms with Gasteiger partial charge in [-0.1, -0.05) is 32.9 Å². The largest absolute Gasteiger partial charge is 0.322 e. The highest BCUT2D eigenvalue weighted by atomic mass is 127. The zero-order chi connectivity index (χ0) is 16.5. The van der Waals surface area contributed by atoms with Gasteiger partial charge < -0.3 is 5.32 Å². The molecule has 1 amide bonds. The summed E-state index contributed by atoms with van der Waals surface area (Å²) in [5.74, 6) is -0.0656. The number of nitrogens with one attached hydrogen (secondary N) is 1. The van der Waals surface area contributed by atoms with E-state index in [4.69, 9.17) is 0 Å². The van der Waals surface area contributed by atoms with Gasteiger partial charge in [0.25, 0.3) is 5.91 Å². The number of hydrogen-bond donors (Lipinski definition) is 1. The Labute approximate surface area is 146 Å². The molecule has 22 heavy (non-hydrogen) atoms. The molecule has 0 saturated heterocycles. The number of halogens is 1. The average molecular weight is 407 g/mol. The fourth-order valence-electron chi connectivity index (χ4n) is 2.23. The van der Waals surface area contributed by atoms with Crippen LogP contribution in [0.3, 0.4) is 0 Å². The Morgan fingerprint density at radius 1 is 1.00 bits per heavy atom. The topological polar surface area (TPSA) is 29.1 Å². The van der Waals surface area contributed by atoms with Crippen LogP contribution in [0.25, 0.3) is 0 Å². The molecule has 2 aromatic carbocycles. The van der Waals surface area contributed by atoms with Crippen LogP contribution in [-0.4, -0.2) is 5.91 Å². The maximum absolute atomic E-state index is 12.4. The molecule has 116 valence electrons. The summed E-state index contributed by atoms with van der Waals surface area (Å²) < 4.78 is 1.21. The van der Waals surface area contributed by atoms with E-state index in [0.717, 1.165) is 11.3 Å². The number of carbonyl (C=O) groups is 1. The Bertz CT molecular complexity index is 697. The van der Waals surface area contributed by atoms with Crippen LogP contribution in [0.5, 0.6) is 0 Å². The smallest absolute Gasteiger partial charge is 0.255 e. The minimum atomic E-state index is -0.0656. The number of anilines is 1. The third-order valence-electron chi connectivity index (χ3n) is 3.77. The van der Waals surface area contributed by atoms with Crippen molar-refractivity contribution in [3.63, 3.8) is 0 Å². The van der Waals surface area contributed by atoms with Crippen LogP contribution < -0.4 is 5.32 Å². The third kappa shape index (κ3) is 3.88. The lowest BCUT2D eigenvalue weighted by Crippen LogP contribution is -2.15. The fraction of sp³-hybridized carbons (Fsp3) is 0.316. The summed E-state index contributed by atoms with van der Waals surface area (Å²) in [4.78, 5) is 12.4.